The van der Waals surface area contributed by atoms with Gasteiger partial charge < -0.3 is 24.8 Å². The van der Waals surface area contributed by atoms with Crippen LogP contribution in [0.3, 0.4) is 0 Å². The summed E-state index contributed by atoms with van der Waals surface area (Å²) in [5.41, 5.74) is -0.314. The quantitative estimate of drug-likeness (QED) is 0.180. The number of rotatable bonds is 15. The molecule has 0 aromatic heterocycles. The number of unbranched alkanes of at least 4 members (excludes halogenated alkanes) is 2. The molecule has 2 aromatic rings. The highest BCUT2D eigenvalue weighted by molar-refractivity contribution is 5.89. The number of carbonyl (C=O) groups is 2. The first kappa shape index (κ1) is 32.7. The molecule has 0 radical (unpaired) electrons. The van der Waals surface area contributed by atoms with E-state index in [0.717, 1.165) is 18.2 Å². The van der Waals surface area contributed by atoms with Gasteiger partial charge in [0.1, 0.15) is 12.4 Å². The highest BCUT2D eigenvalue weighted by atomic mass is 19.4. The average molecular weight is 579 g/mol. The van der Waals surface area contributed by atoms with Crippen molar-refractivity contribution in [2.75, 3.05) is 31.6 Å². The van der Waals surface area contributed by atoms with Gasteiger partial charge in [-0.3, -0.25) is 0 Å². The Morgan fingerprint density at radius 1 is 0.975 bits per heavy atom. The first-order valence-electron chi connectivity index (χ1n) is 12.6. The molecule has 0 saturated carbocycles. The van der Waals surface area contributed by atoms with Crippen LogP contribution in [0.2, 0.25) is 0 Å². The fourth-order valence-corrected chi connectivity index (χ4v) is 3.72. The number of halogens is 6. The van der Waals surface area contributed by atoms with Gasteiger partial charge >= 0.3 is 24.4 Å². The van der Waals surface area contributed by atoms with E-state index >= 15 is 0 Å². The average Bonchev–Trinajstić information content (AvgIpc) is 2.87. The molecule has 0 aliphatic carbocycles. The Kier molecular flexibility index (Phi) is 12.6. The number of nitrogens with one attached hydrogen (secondary N) is 1. The van der Waals surface area contributed by atoms with E-state index in [1.807, 2.05) is 0 Å². The predicted octanol–water partition coefficient (Wildman–Crippen LogP) is 6.77. The lowest BCUT2D eigenvalue weighted by Crippen LogP contribution is -2.38. The van der Waals surface area contributed by atoms with Crippen LogP contribution in [-0.4, -0.2) is 60.6 Å². The van der Waals surface area contributed by atoms with Gasteiger partial charge in [-0.2, -0.15) is 26.3 Å². The Hall–Kier alpha value is -3.48. The topological polar surface area (TPSA) is 88.1 Å². The summed E-state index contributed by atoms with van der Waals surface area (Å²) in [7, 11) is 0. The minimum atomic E-state index is -4.60. The van der Waals surface area contributed by atoms with Crippen molar-refractivity contribution in [3.63, 3.8) is 0 Å². The van der Waals surface area contributed by atoms with Crippen LogP contribution in [0.5, 0.6) is 5.75 Å². The van der Waals surface area contributed by atoms with Gasteiger partial charge in [0.2, 0.25) is 0 Å². The molecule has 40 heavy (non-hydrogen) atoms. The minimum Gasteiger partial charge on any atom is -0.492 e. The molecule has 222 valence electrons. The first-order chi connectivity index (χ1) is 18.8. The van der Waals surface area contributed by atoms with Crippen LogP contribution in [0.25, 0.3) is 0 Å². The fraction of sp³-hybridized carbons (Fsp3) is 0.481. The Labute approximate surface area is 228 Å². The van der Waals surface area contributed by atoms with Crippen LogP contribution in [0, 0.1) is 0 Å². The molecule has 2 aromatic carbocycles. The highest BCUT2D eigenvalue weighted by Crippen LogP contribution is 2.30. The van der Waals surface area contributed by atoms with Crippen LogP contribution < -0.4 is 10.1 Å². The van der Waals surface area contributed by atoms with Gasteiger partial charge in [0.25, 0.3) is 0 Å². The second kappa shape index (κ2) is 15.3. The molecule has 2 N–H and O–H groups in total. The van der Waals surface area contributed by atoms with Crippen molar-refractivity contribution in [3.05, 3.63) is 59.7 Å². The molecule has 0 spiro atoms. The molecule has 0 fully saturated rings. The van der Waals surface area contributed by atoms with Crippen LogP contribution >= 0.6 is 0 Å². The third-order valence-electron chi connectivity index (χ3n) is 5.73. The lowest BCUT2D eigenvalue weighted by Gasteiger charge is -2.23. The summed E-state index contributed by atoms with van der Waals surface area (Å²) < 4.78 is 87.1. The van der Waals surface area contributed by atoms with E-state index in [0.29, 0.717) is 11.3 Å². The lowest BCUT2D eigenvalue weighted by atomic mass is 10.1. The number of carboxylic acid groups (broad SMARTS) is 1. The van der Waals surface area contributed by atoms with Gasteiger partial charge in [0.15, 0.2) is 6.10 Å². The van der Waals surface area contributed by atoms with E-state index in [-0.39, 0.29) is 57.7 Å². The van der Waals surface area contributed by atoms with Gasteiger partial charge in [-0.25, -0.2) is 9.59 Å². The Morgan fingerprint density at radius 2 is 1.68 bits per heavy atom. The maximum absolute atomic E-state index is 13.0. The third kappa shape index (κ3) is 12.1. The molecule has 0 bridgehead atoms. The summed E-state index contributed by atoms with van der Waals surface area (Å²) in [4.78, 5) is 25.4. The van der Waals surface area contributed by atoms with E-state index in [1.54, 1.807) is 31.2 Å². The molecule has 2 rings (SSSR count). The molecule has 7 nitrogen and oxygen atoms in total. The number of carboxylic acids is 1. The molecule has 0 aliphatic rings. The standard InChI is InChI=1S/C27H32F6N2O5/c1-2-39-23(24(36)37)17-19-9-11-22(12-10-19)40-16-15-35(14-5-3-4-13-26(28,29)30)25(38)34-21-8-6-7-20(18-21)27(31,32)33/h6-12,18,23H,2-5,13-17H2,1H3,(H,34,38)(H,36,37). The normalized spacial score (nSPS) is 12.6. The van der Waals surface area contributed by atoms with Crippen molar-refractivity contribution in [3.8, 4) is 5.75 Å². The number of urea groups is 1. The largest absolute Gasteiger partial charge is 0.492 e. The zero-order valence-electron chi connectivity index (χ0n) is 21.9. The molecule has 1 unspecified atom stereocenters. The molecular weight excluding hydrogens is 546 g/mol. The zero-order valence-corrected chi connectivity index (χ0v) is 21.9. The number of benzene rings is 2. The number of hydrogen-bond donors (Lipinski definition) is 2. The van der Waals surface area contributed by atoms with Crippen LogP contribution in [0.15, 0.2) is 48.5 Å². The molecule has 13 heteroatoms. The van der Waals surface area contributed by atoms with E-state index < -0.39 is 42.4 Å². The number of aliphatic carboxylic acids is 1. The number of nitrogens with zero attached hydrogens (tertiary/aromatic N) is 1. The summed E-state index contributed by atoms with van der Waals surface area (Å²) >= 11 is 0. The molecule has 0 aliphatic heterocycles. The number of amides is 2. The number of alkyl halides is 6. The van der Waals surface area contributed by atoms with Gasteiger partial charge in [0, 0.05) is 31.7 Å². The Bertz CT molecular complexity index is 1080. The maximum Gasteiger partial charge on any atom is 0.416 e. The first-order valence-corrected chi connectivity index (χ1v) is 12.6. The summed E-state index contributed by atoms with van der Waals surface area (Å²) in [6.45, 7) is 2.02. The third-order valence-corrected chi connectivity index (χ3v) is 5.73. The summed E-state index contributed by atoms with van der Waals surface area (Å²) in [5.74, 6) is -0.653. The molecule has 1 atom stereocenters. The van der Waals surface area contributed by atoms with E-state index in [1.165, 1.54) is 11.0 Å². The Balaban J connectivity index is 1.98. The highest BCUT2D eigenvalue weighted by Gasteiger charge is 2.30. The van der Waals surface area contributed by atoms with Gasteiger partial charge in [-0.1, -0.05) is 24.6 Å². The maximum atomic E-state index is 13.0. The van der Waals surface area contributed by atoms with E-state index in [2.05, 4.69) is 5.32 Å². The van der Waals surface area contributed by atoms with Crippen molar-refractivity contribution in [2.24, 2.45) is 0 Å². The Morgan fingerprint density at radius 3 is 2.27 bits per heavy atom. The lowest BCUT2D eigenvalue weighted by molar-refractivity contribution is -0.150. The second-order valence-corrected chi connectivity index (χ2v) is 8.90. The van der Waals surface area contributed by atoms with Crippen LogP contribution in [0.4, 0.5) is 36.8 Å². The minimum absolute atomic E-state index is 0.00535. The van der Waals surface area contributed by atoms with E-state index in [4.69, 9.17) is 9.47 Å². The van der Waals surface area contributed by atoms with Gasteiger partial charge in [-0.05, 0) is 55.7 Å². The van der Waals surface area contributed by atoms with Crippen LogP contribution in [0.1, 0.15) is 43.7 Å². The molecule has 2 amide bonds. The summed E-state index contributed by atoms with van der Waals surface area (Å²) in [6, 6.07) is 9.96. The molecular formula is C27H32F6N2O5. The number of carbonyl (C=O) groups excluding carboxylic acids is 1. The SMILES string of the molecule is CCOC(Cc1ccc(OCCN(CCCCCC(F)(F)F)C(=O)Nc2cccc(C(F)(F)F)c2)cc1)C(=O)O. The van der Waals surface area contributed by atoms with Crippen molar-refractivity contribution in [1.29, 1.82) is 0 Å². The second-order valence-electron chi connectivity index (χ2n) is 8.90. The van der Waals surface area contributed by atoms with Crippen LogP contribution in [-0.2, 0) is 22.1 Å². The summed E-state index contributed by atoms with van der Waals surface area (Å²) in [6.07, 6.45) is -10.3. The number of anilines is 1. The van der Waals surface area contributed by atoms with Crippen molar-refractivity contribution < 1.29 is 50.5 Å². The fourth-order valence-electron chi connectivity index (χ4n) is 3.72. The van der Waals surface area contributed by atoms with Crippen molar-refractivity contribution in [1.82, 2.24) is 4.90 Å². The van der Waals surface area contributed by atoms with E-state index in [9.17, 15) is 41.0 Å². The zero-order chi connectivity index (χ0) is 29.8. The smallest absolute Gasteiger partial charge is 0.416 e. The number of ether oxygens (including phenoxy) is 2. The monoisotopic (exact) mass is 578 g/mol. The van der Waals surface area contributed by atoms with Gasteiger partial charge in [-0.15, -0.1) is 0 Å². The predicted molar refractivity (Wildman–Crippen MR) is 135 cm³/mol. The molecule has 0 heterocycles. The van der Waals surface area contributed by atoms with Crippen molar-refractivity contribution >= 4 is 17.7 Å². The number of hydrogen-bond acceptors (Lipinski definition) is 4. The summed E-state index contributed by atoms with van der Waals surface area (Å²) in [5, 5.41) is 11.6. The molecule has 0 saturated heterocycles. The van der Waals surface area contributed by atoms with Gasteiger partial charge in [0.05, 0.1) is 12.1 Å². The van der Waals surface area contributed by atoms with Crippen molar-refractivity contribution in [2.45, 2.75) is 57.5 Å².